The average molecular weight is 302 g/mol. The van der Waals surface area contributed by atoms with Crippen LogP contribution in [0.5, 0.6) is 0 Å². The van der Waals surface area contributed by atoms with E-state index >= 15 is 0 Å². The van der Waals surface area contributed by atoms with Crippen molar-refractivity contribution in [1.29, 1.82) is 0 Å². The maximum Gasteiger partial charge on any atom is 0.132 e. The summed E-state index contributed by atoms with van der Waals surface area (Å²) in [6, 6.07) is 8.04. The molecule has 3 rings (SSSR count). The zero-order chi connectivity index (χ0) is 15.0. The van der Waals surface area contributed by atoms with E-state index in [9.17, 15) is 0 Å². The van der Waals surface area contributed by atoms with Crippen molar-refractivity contribution in [2.45, 2.75) is 26.3 Å². The Hall–Kier alpha value is -1.92. The van der Waals surface area contributed by atoms with Crippen molar-refractivity contribution in [3.05, 3.63) is 30.0 Å². The van der Waals surface area contributed by atoms with Gasteiger partial charge >= 0.3 is 0 Å². The third kappa shape index (κ3) is 2.41. The lowest BCUT2D eigenvalue weighted by Crippen LogP contribution is -2.08. The molecule has 0 aliphatic carbocycles. The van der Waals surface area contributed by atoms with Crippen LogP contribution in [0, 0.1) is 0 Å². The highest BCUT2D eigenvalue weighted by molar-refractivity contribution is 7.21. The first-order valence-electron chi connectivity index (χ1n) is 6.94. The molecular weight excluding hydrogens is 284 g/mol. The van der Waals surface area contributed by atoms with E-state index < -0.39 is 0 Å². The first kappa shape index (κ1) is 14.0. The number of anilines is 1. The minimum atomic E-state index is 0.0166. The Kier molecular flexibility index (Phi) is 3.65. The lowest BCUT2D eigenvalue weighted by molar-refractivity contribution is 0.270. The van der Waals surface area contributed by atoms with Crippen molar-refractivity contribution in [2.24, 2.45) is 0 Å². The number of nitrogen functional groups attached to an aromatic ring is 1. The van der Waals surface area contributed by atoms with Gasteiger partial charge in [-0.2, -0.15) is 5.10 Å². The second-order valence-corrected chi connectivity index (χ2v) is 6.26. The molecule has 110 valence electrons. The van der Waals surface area contributed by atoms with Crippen LogP contribution in [0.1, 0.15) is 25.5 Å². The largest absolute Gasteiger partial charge is 0.394 e. The number of rotatable bonds is 4. The molecule has 0 saturated heterocycles. The monoisotopic (exact) mass is 302 g/mol. The van der Waals surface area contributed by atoms with Crippen LogP contribution in [0.4, 0.5) is 5.82 Å². The lowest BCUT2D eigenvalue weighted by Gasteiger charge is -2.02. The molecule has 6 heteroatoms. The topological polar surface area (TPSA) is 77.0 Å². The maximum absolute atomic E-state index is 9.14. The Morgan fingerprint density at radius 1 is 1.33 bits per heavy atom. The standard InChI is InChI=1S/C15H18N4OS/c1-9(2)13-12(14(16)19(18-13)7-8-20)15-17-10-5-3-4-6-11(10)21-15/h3-6,9,20H,7-8,16H2,1-2H3. The summed E-state index contributed by atoms with van der Waals surface area (Å²) in [5.74, 6) is 0.820. The third-order valence-corrected chi connectivity index (χ3v) is 4.44. The summed E-state index contributed by atoms with van der Waals surface area (Å²) in [6.07, 6.45) is 0. The lowest BCUT2D eigenvalue weighted by atomic mass is 10.1. The normalized spacial score (nSPS) is 11.6. The summed E-state index contributed by atoms with van der Waals surface area (Å²) in [4.78, 5) is 4.68. The maximum atomic E-state index is 9.14. The highest BCUT2D eigenvalue weighted by Crippen LogP contribution is 2.38. The number of nitrogens with two attached hydrogens (primary N) is 1. The number of hydrogen-bond acceptors (Lipinski definition) is 5. The van der Waals surface area contributed by atoms with Crippen LogP contribution in [-0.2, 0) is 6.54 Å². The predicted octanol–water partition coefficient (Wildman–Crippen LogP) is 2.86. The number of benzene rings is 1. The molecule has 0 atom stereocenters. The number of fused-ring (bicyclic) bond motifs is 1. The van der Waals surface area contributed by atoms with Crippen molar-refractivity contribution < 1.29 is 5.11 Å². The van der Waals surface area contributed by atoms with Crippen molar-refractivity contribution in [1.82, 2.24) is 14.8 Å². The van der Waals surface area contributed by atoms with Crippen molar-refractivity contribution in [3.8, 4) is 10.6 Å². The quantitative estimate of drug-likeness (QED) is 0.777. The minimum Gasteiger partial charge on any atom is -0.394 e. The molecule has 3 aromatic rings. The van der Waals surface area contributed by atoms with E-state index in [1.807, 2.05) is 18.2 Å². The summed E-state index contributed by atoms with van der Waals surface area (Å²) >= 11 is 1.62. The molecular formula is C15H18N4OS. The average Bonchev–Trinajstić information content (AvgIpc) is 3.01. The number of aliphatic hydroxyl groups excluding tert-OH is 1. The molecule has 1 aromatic carbocycles. The molecule has 21 heavy (non-hydrogen) atoms. The van der Waals surface area contributed by atoms with E-state index in [0.717, 1.165) is 26.5 Å². The van der Waals surface area contributed by atoms with Crippen molar-refractivity contribution >= 4 is 27.4 Å². The molecule has 0 unspecified atom stereocenters. The van der Waals surface area contributed by atoms with Crippen LogP contribution >= 0.6 is 11.3 Å². The Bertz CT molecular complexity index is 742. The Balaban J connectivity index is 2.19. The minimum absolute atomic E-state index is 0.0166. The smallest absolute Gasteiger partial charge is 0.132 e. The molecule has 0 amide bonds. The summed E-state index contributed by atoms with van der Waals surface area (Å²) in [5.41, 5.74) is 9.04. The van der Waals surface area contributed by atoms with Gasteiger partial charge in [0.2, 0.25) is 0 Å². The van der Waals surface area contributed by atoms with Crippen LogP contribution in [0.3, 0.4) is 0 Å². The molecule has 5 nitrogen and oxygen atoms in total. The van der Waals surface area contributed by atoms with Crippen LogP contribution in [0.2, 0.25) is 0 Å². The predicted molar refractivity (Wildman–Crippen MR) is 86.4 cm³/mol. The van der Waals surface area contributed by atoms with E-state index in [0.29, 0.717) is 12.4 Å². The fraction of sp³-hybridized carbons (Fsp3) is 0.333. The Labute approximate surface area is 127 Å². The van der Waals surface area contributed by atoms with E-state index in [4.69, 9.17) is 10.8 Å². The van der Waals surface area contributed by atoms with E-state index in [2.05, 4.69) is 30.0 Å². The van der Waals surface area contributed by atoms with Crippen molar-refractivity contribution in [3.63, 3.8) is 0 Å². The van der Waals surface area contributed by atoms with Gasteiger partial charge in [-0.05, 0) is 18.1 Å². The molecule has 0 aliphatic heterocycles. The van der Waals surface area contributed by atoms with Crippen LogP contribution in [-0.4, -0.2) is 26.5 Å². The van der Waals surface area contributed by atoms with Gasteiger partial charge in [-0.25, -0.2) is 9.67 Å². The zero-order valence-electron chi connectivity index (χ0n) is 12.1. The summed E-state index contributed by atoms with van der Waals surface area (Å²) in [7, 11) is 0. The van der Waals surface area contributed by atoms with Crippen LogP contribution < -0.4 is 5.73 Å². The zero-order valence-corrected chi connectivity index (χ0v) is 12.9. The Morgan fingerprint density at radius 3 is 2.76 bits per heavy atom. The number of aliphatic hydroxyl groups is 1. The van der Waals surface area contributed by atoms with Gasteiger partial charge in [0.25, 0.3) is 0 Å². The Morgan fingerprint density at radius 2 is 2.10 bits per heavy atom. The molecule has 2 aromatic heterocycles. The highest BCUT2D eigenvalue weighted by Gasteiger charge is 2.22. The molecule has 0 saturated carbocycles. The first-order valence-corrected chi connectivity index (χ1v) is 7.76. The number of thiazole rings is 1. The molecule has 2 heterocycles. The number of hydrogen-bond donors (Lipinski definition) is 2. The third-order valence-electron chi connectivity index (χ3n) is 3.39. The summed E-state index contributed by atoms with van der Waals surface area (Å²) < 4.78 is 2.80. The summed E-state index contributed by atoms with van der Waals surface area (Å²) in [5, 5.41) is 14.6. The van der Waals surface area contributed by atoms with Gasteiger partial charge in [0.05, 0.1) is 34.6 Å². The van der Waals surface area contributed by atoms with Gasteiger partial charge in [-0.1, -0.05) is 26.0 Å². The number of aromatic nitrogens is 3. The fourth-order valence-corrected chi connectivity index (χ4v) is 3.39. The SMILES string of the molecule is CC(C)c1nn(CCO)c(N)c1-c1nc2ccccc2s1. The van der Waals surface area contributed by atoms with Crippen LogP contribution in [0.15, 0.2) is 24.3 Å². The van der Waals surface area contributed by atoms with Gasteiger partial charge in [-0.15, -0.1) is 11.3 Å². The van der Waals surface area contributed by atoms with Gasteiger partial charge in [-0.3, -0.25) is 0 Å². The highest BCUT2D eigenvalue weighted by atomic mass is 32.1. The van der Waals surface area contributed by atoms with Gasteiger partial charge < -0.3 is 10.8 Å². The molecule has 0 aliphatic rings. The second-order valence-electron chi connectivity index (χ2n) is 5.23. The summed E-state index contributed by atoms with van der Waals surface area (Å²) in [6.45, 7) is 4.59. The van der Waals surface area contributed by atoms with E-state index in [-0.39, 0.29) is 12.5 Å². The molecule has 0 spiro atoms. The second kappa shape index (κ2) is 5.46. The van der Waals surface area contributed by atoms with Crippen LogP contribution in [0.25, 0.3) is 20.8 Å². The van der Waals surface area contributed by atoms with Gasteiger partial charge in [0.1, 0.15) is 10.8 Å². The van der Waals surface area contributed by atoms with E-state index in [1.165, 1.54) is 0 Å². The van der Waals surface area contributed by atoms with Gasteiger partial charge in [0.15, 0.2) is 0 Å². The molecule has 3 N–H and O–H groups in total. The fourth-order valence-electron chi connectivity index (χ4n) is 2.36. The van der Waals surface area contributed by atoms with E-state index in [1.54, 1.807) is 16.0 Å². The first-order chi connectivity index (χ1) is 10.1. The van der Waals surface area contributed by atoms with Gasteiger partial charge in [0, 0.05) is 0 Å². The molecule has 0 fully saturated rings. The molecule has 0 radical (unpaired) electrons. The molecule has 0 bridgehead atoms. The number of nitrogens with zero attached hydrogens (tertiary/aromatic N) is 3. The number of para-hydroxylation sites is 1. The van der Waals surface area contributed by atoms with Crippen molar-refractivity contribution in [2.75, 3.05) is 12.3 Å².